The van der Waals surface area contributed by atoms with E-state index < -0.39 is 23.7 Å². The highest BCUT2D eigenvalue weighted by atomic mass is 16.4. The summed E-state index contributed by atoms with van der Waals surface area (Å²) in [4.78, 5) is 17.4. The summed E-state index contributed by atoms with van der Waals surface area (Å²) in [7, 11) is 0. The van der Waals surface area contributed by atoms with Crippen LogP contribution < -0.4 is 0 Å². The van der Waals surface area contributed by atoms with Crippen LogP contribution in [0, 0.1) is 0 Å². The highest BCUT2D eigenvalue weighted by Gasteiger charge is 2.33. The van der Waals surface area contributed by atoms with Crippen molar-refractivity contribution < 1.29 is 15.0 Å². The Labute approximate surface area is 165 Å². The van der Waals surface area contributed by atoms with Crippen molar-refractivity contribution in [1.29, 1.82) is 0 Å². The van der Waals surface area contributed by atoms with Gasteiger partial charge in [-0.05, 0) is 48.7 Å². The Balaban J connectivity index is 2.06. The minimum Gasteiger partial charge on any atom is -0.465 e. The lowest BCUT2D eigenvalue weighted by Crippen LogP contribution is -2.47. The SMILES string of the molecule is CC(C)(C)N(CC(c1ccc2ccccc2c1)C(O)c1cccnc1)C(=O)O. The summed E-state index contributed by atoms with van der Waals surface area (Å²) >= 11 is 0. The van der Waals surface area contributed by atoms with E-state index in [2.05, 4.69) is 4.98 Å². The van der Waals surface area contributed by atoms with Gasteiger partial charge in [-0.1, -0.05) is 48.5 Å². The molecular weight excluding hydrogens is 352 g/mol. The number of hydrogen-bond donors (Lipinski definition) is 2. The Bertz CT molecular complexity index is 951. The number of aliphatic hydroxyl groups is 1. The molecule has 0 saturated heterocycles. The lowest BCUT2D eigenvalue weighted by atomic mass is 9.87. The number of pyridine rings is 1. The van der Waals surface area contributed by atoms with Gasteiger partial charge in [0.05, 0.1) is 6.10 Å². The molecule has 1 heterocycles. The predicted molar refractivity (Wildman–Crippen MR) is 110 cm³/mol. The van der Waals surface area contributed by atoms with Gasteiger partial charge in [-0.25, -0.2) is 4.79 Å². The van der Waals surface area contributed by atoms with Crippen molar-refractivity contribution in [2.24, 2.45) is 0 Å². The van der Waals surface area contributed by atoms with Gasteiger partial charge in [-0.15, -0.1) is 0 Å². The molecule has 28 heavy (non-hydrogen) atoms. The number of amides is 1. The molecule has 5 heteroatoms. The van der Waals surface area contributed by atoms with Crippen LogP contribution in [0.2, 0.25) is 0 Å². The number of benzene rings is 2. The van der Waals surface area contributed by atoms with Gasteiger partial charge in [-0.3, -0.25) is 4.98 Å². The third-order valence-corrected chi connectivity index (χ3v) is 5.03. The van der Waals surface area contributed by atoms with Gasteiger partial charge in [0, 0.05) is 30.4 Å². The molecule has 2 aromatic carbocycles. The number of rotatable bonds is 5. The van der Waals surface area contributed by atoms with Gasteiger partial charge in [0.15, 0.2) is 0 Å². The van der Waals surface area contributed by atoms with Gasteiger partial charge in [0.1, 0.15) is 0 Å². The normalized spacial score (nSPS) is 13.9. The van der Waals surface area contributed by atoms with Crippen LogP contribution in [0.25, 0.3) is 10.8 Å². The first kappa shape index (κ1) is 19.8. The number of carboxylic acid groups (broad SMARTS) is 1. The maximum Gasteiger partial charge on any atom is 0.407 e. The molecule has 0 aliphatic carbocycles. The first-order chi connectivity index (χ1) is 13.3. The molecular formula is C23H26N2O3. The zero-order valence-electron chi connectivity index (χ0n) is 16.4. The minimum absolute atomic E-state index is 0.174. The molecule has 2 unspecified atom stereocenters. The van der Waals surface area contributed by atoms with Crippen molar-refractivity contribution in [1.82, 2.24) is 9.88 Å². The smallest absolute Gasteiger partial charge is 0.407 e. The second-order valence-electron chi connectivity index (χ2n) is 8.01. The summed E-state index contributed by atoms with van der Waals surface area (Å²) in [5.41, 5.74) is 0.973. The average Bonchev–Trinajstić information content (AvgIpc) is 2.67. The lowest BCUT2D eigenvalue weighted by Gasteiger charge is -2.37. The lowest BCUT2D eigenvalue weighted by molar-refractivity contribution is 0.0696. The molecule has 0 radical (unpaired) electrons. The highest BCUT2D eigenvalue weighted by Crippen LogP contribution is 2.34. The topological polar surface area (TPSA) is 73.7 Å². The summed E-state index contributed by atoms with van der Waals surface area (Å²) in [6, 6.07) is 17.6. The highest BCUT2D eigenvalue weighted by molar-refractivity contribution is 5.83. The average molecular weight is 378 g/mol. The van der Waals surface area contributed by atoms with Crippen LogP contribution in [0.3, 0.4) is 0 Å². The Morgan fingerprint density at radius 3 is 2.36 bits per heavy atom. The van der Waals surface area contributed by atoms with Gasteiger partial charge < -0.3 is 15.1 Å². The zero-order valence-corrected chi connectivity index (χ0v) is 16.4. The van der Waals surface area contributed by atoms with Crippen molar-refractivity contribution >= 4 is 16.9 Å². The molecule has 1 amide bonds. The fraction of sp³-hybridized carbons (Fsp3) is 0.304. The van der Waals surface area contributed by atoms with E-state index in [0.29, 0.717) is 5.56 Å². The van der Waals surface area contributed by atoms with E-state index in [1.807, 2.05) is 69.3 Å². The third-order valence-electron chi connectivity index (χ3n) is 5.03. The summed E-state index contributed by atoms with van der Waals surface area (Å²) in [5, 5.41) is 23.1. The second-order valence-corrected chi connectivity index (χ2v) is 8.01. The standard InChI is InChI=1S/C23H26N2O3/c1-23(2,3)25(22(27)28)15-20(21(26)19-9-6-12-24-14-19)18-11-10-16-7-4-5-8-17(16)13-18/h4-14,20-21,26H,15H2,1-3H3,(H,27,28). The molecule has 146 valence electrons. The third kappa shape index (κ3) is 4.31. The first-order valence-electron chi connectivity index (χ1n) is 9.34. The van der Waals surface area contributed by atoms with Crippen LogP contribution in [0.1, 0.15) is 43.9 Å². The number of carbonyl (C=O) groups is 1. The number of aromatic nitrogens is 1. The zero-order chi connectivity index (χ0) is 20.3. The fourth-order valence-corrected chi connectivity index (χ4v) is 3.44. The molecule has 0 bridgehead atoms. The predicted octanol–water partition coefficient (Wildman–Crippen LogP) is 4.83. The van der Waals surface area contributed by atoms with Crippen molar-refractivity contribution in [3.05, 3.63) is 78.1 Å². The maximum atomic E-state index is 11.9. The van der Waals surface area contributed by atoms with Crippen LogP contribution >= 0.6 is 0 Å². The Kier molecular flexibility index (Phi) is 5.66. The van der Waals surface area contributed by atoms with Crippen molar-refractivity contribution in [3.63, 3.8) is 0 Å². The van der Waals surface area contributed by atoms with E-state index in [1.165, 1.54) is 4.90 Å². The number of hydrogen-bond acceptors (Lipinski definition) is 3. The molecule has 3 aromatic rings. The summed E-state index contributed by atoms with van der Waals surface area (Å²) in [5.74, 6) is -0.427. The Hall–Kier alpha value is -2.92. The molecule has 0 saturated carbocycles. The molecule has 2 N–H and O–H groups in total. The van der Waals surface area contributed by atoms with Crippen LogP contribution in [-0.2, 0) is 0 Å². The molecule has 5 nitrogen and oxygen atoms in total. The van der Waals surface area contributed by atoms with E-state index in [1.54, 1.807) is 18.5 Å². The Morgan fingerprint density at radius 2 is 1.75 bits per heavy atom. The van der Waals surface area contributed by atoms with Crippen LogP contribution in [0.5, 0.6) is 0 Å². The molecule has 2 atom stereocenters. The maximum absolute atomic E-state index is 11.9. The number of aliphatic hydroxyl groups excluding tert-OH is 1. The van der Waals surface area contributed by atoms with Crippen LogP contribution in [0.4, 0.5) is 4.79 Å². The van der Waals surface area contributed by atoms with E-state index in [-0.39, 0.29) is 6.54 Å². The van der Waals surface area contributed by atoms with E-state index in [0.717, 1.165) is 16.3 Å². The quantitative estimate of drug-likeness (QED) is 0.667. The minimum atomic E-state index is -1.00. The molecule has 3 rings (SSSR count). The fourth-order valence-electron chi connectivity index (χ4n) is 3.44. The summed E-state index contributed by atoms with van der Waals surface area (Å²) in [6.07, 6.45) is 1.40. The molecule has 0 fully saturated rings. The van der Waals surface area contributed by atoms with Crippen LogP contribution in [-0.4, -0.2) is 38.3 Å². The number of fused-ring (bicyclic) bond motifs is 1. The molecule has 0 aliphatic heterocycles. The van der Waals surface area contributed by atoms with E-state index in [9.17, 15) is 15.0 Å². The monoisotopic (exact) mass is 378 g/mol. The summed E-state index contributed by atoms with van der Waals surface area (Å²) in [6.45, 7) is 5.74. The van der Waals surface area contributed by atoms with Crippen molar-refractivity contribution in [2.45, 2.75) is 38.3 Å². The first-order valence-corrected chi connectivity index (χ1v) is 9.34. The van der Waals surface area contributed by atoms with Gasteiger partial charge in [0.2, 0.25) is 0 Å². The number of nitrogens with zero attached hydrogens (tertiary/aromatic N) is 2. The largest absolute Gasteiger partial charge is 0.465 e. The van der Waals surface area contributed by atoms with Gasteiger partial charge >= 0.3 is 6.09 Å². The molecule has 1 aromatic heterocycles. The van der Waals surface area contributed by atoms with Crippen LogP contribution in [0.15, 0.2) is 67.0 Å². The molecule has 0 spiro atoms. The second kappa shape index (κ2) is 7.98. The van der Waals surface area contributed by atoms with Crippen molar-refractivity contribution in [2.75, 3.05) is 6.54 Å². The van der Waals surface area contributed by atoms with Gasteiger partial charge in [-0.2, -0.15) is 0 Å². The summed E-state index contributed by atoms with van der Waals surface area (Å²) < 4.78 is 0. The van der Waals surface area contributed by atoms with E-state index in [4.69, 9.17) is 0 Å². The Morgan fingerprint density at radius 1 is 1.04 bits per heavy atom. The van der Waals surface area contributed by atoms with E-state index >= 15 is 0 Å². The van der Waals surface area contributed by atoms with Crippen molar-refractivity contribution in [3.8, 4) is 0 Å². The van der Waals surface area contributed by atoms with Gasteiger partial charge in [0.25, 0.3) is 0 Å². The molecule has 0 aliphatic rings.